The van der Waals surface area contributed by atoms with Gasteiger partial charge in [-0.15, -0.1) is 0 Å². The molecule has 4 nitrogen and oxygen atoms in total. The highest BCUT2D eigenvalue weighted by Crippen LogP contribution is 2.22. The van der Waals surface area contributed by atoms with Crippen LogP contribution in [0.4, 0.5) is 0 Å². The van der Waals surface area contributed by atoms with Gasteiger partial charge in [0.25, 0.3) is 0 Å². The number of hydrogen-bond acceptors (Lipinski definition) is 4. The predicted molar refractivity (Wildman–Crippen MR) is 101 cm³/mol. The zero-order valence-corrected chi connectivity index (χ0v) is 16.1. The molecule has 0 radical (unpaired) electrons. The van der Waals surface area contributed by atoms with E-state index in [1.807, 2.05) is 0 Å². The Morgan fingerprint density at radius 2 is 1.48 bits per heavy atom. The van der Waals surface area contributed by atoms with Crippen molar-refractivity contribution in [1.82, 2.24) is 0 Å². The Labute approximate surface area is 154 Å². The van der Waals surface area contributed by atoms with Crippen molar-refractivity contribution >= 4 is 0 Å². The molecule has 0 aromatic carbocycles. The first-order chi connectivity index (χ1) is 12.4. The van der Waals surface area contributed by atoms with Crippen LogP contribution in [0.1, 0.15) is 71.1 Å². The summed E-state index contributed by atoms with van der Waals surface area (Å²) in [7, 11) is 0. The van der Waals surface area contributed by atoms with Crippen molar-refractivity contribution in [2.24, 2.45) is 0 Å². The summed E-state index contributed by atoms with van der Waals surface area (Å²) in [6.07, 6.45) is 17.5. The zero-order valence-electron chi connectivity index (χ0n) is 16.1. The van der Waals surface area contributed by atoms with E-state index in [-0.39, 0.29) is 18.3 Å². The molecule has 0 spiro atoms. The van der Waals surface area contributed by atoms with Crippen LogP contribution in [0.5, 0.6) is 0 Å². The van der Waals surface area contributed by atoms with Gasteiger partial charge in [0.05, 0.1) is 51.3 Å². The Kier molecular flexibility index (Phi) is 11.5. The van der Waals surface area contributed by atoms with E-state index in [1.165, 1.54) is 44.9 Å². The fourth-order valence-electron chi connectivity index (χ4n) is 3.57. The highest BCUT2D eigenvalue weighted by molar-refractivity contribution is 4.83. The Balaban J connectivity index is 1.54. The second kappa shape index (κ2) is 13.7. The molecular formula is C21H38O4. The summed E-state index contributed by atoms with van der Waals surface area (Å²) in [5.41, 5.74) is 0. The fraction of sp³-hybridized carbons (Fsp3) is 0.905. The minimum Gasteiger partial charge on any atom is -0.376 e. The topological polar surface area (TPSA) is 36.9 Å². The lowest BCUT2D eigenvalue weighted by molar-refractivity contribution is -0.169. The molecule has 4 heteroatoms. The maximum Gasteiger partial charge on any atom is 0.0863 e. The predicted octanol–water partition coefficient (Wildman–Crippen LogP) is 4.66. The monoisotopic (exact) mass is 354 g/mol. The molecule has 0 bridgehead atoms. The van der Waals surface area contributed by atoms with Crippen LogP contribution in [0.25, 0.3) is 0 Å². The van der Waals surface area contributed by atoms with Crippen LogP contribution in [0, 0.1) is 0 Å². The molecule has 2 heterocycles. The van der Waals surface area contributed by atoms with Gasteiger partial charge in [-0.3, -0.25) is 0 Å². The molecule has 0 aromatic heterocycles. The van der Waals surface area contributed by atoms with Crippen LogP contribution >= 0.6 is 0 Å². The smallest absolute Gasteiger partial charge is 0.0863 e. The normalized spacial score (nSPS) is 27.8. The van der Waals surface area contributed by atoms with Crippen LogP contribution in [0.3, 0.4) is 0 Å². The average Bonchev–Trinajstić information content (AvgIpc) is 2.65. The van der Waals surface area contributed by atoms with Crippen molar-refractivity contribution in [2.75, 3.05) is 33.0 Å². The highest BCUT2D eigenvalue weighted by atomic mass is 16.6. The van der Waals surface area contributed by atoms with Gasteiger partial charge < -0.3 is 18.9 Å². The van der Waals surface area contributed by atoms with E-state index in [1.54, 1.807) is 0 Å². The van der Waals surface area contributed by atoms with Crippen molar-refractivity contribution < 1.29 is 18.9 Å². The van der Waals surface area contributed by atoms with E-state index in [0.717, 1.165) is 25.9 Å². The van der Waals surface area contributed by atoms with E-state index >= 15 is 0 Å². The zero-order chi connectivity index (χ0) is 17.6. The number of hydrogen-bond donors (Lipinski definition) is 0. The van der Waals surface area contributed by atoms with Crippen molar-refractivity contribution in [2.45, 2.75) is 89.4 Å². The van der Waals surface area contributed by atoms with Gasteiger partial charge in [-0.1, -0.05) is 44.8 Å². The molecule has 0 aromatic rings. The molecule has 25 heavy (non-hydrogen) atoms. The van der Waals surface area contributed by atoms with E-state index in [9.17, 15) is 0 Å². The van der Waals surface area contributed by atoms with Gasteiger partial charge in [-0.05, 0) is 32.1 Å². The van der Waals surface area contributed by atoms with E-state index in [4.69, 9.17) is 18.9 Å². The summed E-state index contributed by atoms with van der Waals surface area (Å²) >= 11 is 0. The molecule has 0 aliphatic carbocycles. The highest BCUT2D eigenvalue weighted by Gasteiger charge is 2.30. The molecule has 2 rings (SSSR count). The lowest BCUT2D eigenvalue weighted by Gasteiger charge is -2.35. The summed E-state index contributed by atoms with van der Waals surface area (Å²) in [5, 5.41) is 0. The Bertz CT molecular complexity index is 339. The maximum atomic E-state index is 5.97. The third kappa shape index (κ3) is 9.18. The molecule has 3 atom stereocenters. The Morgan fingerprint density at radius 3 is 2.24 bits per heavy atom. The number of allylic oxidation sites excluding steroid dienone is 2. The standard InChI is InChI=1S/C21H38O4/c1-2-3-4-5-6-7-8-9-10-11-12-20-21(25-16-15-24-20)17-19-18-22-13-14-23-19/h8-9,19-21H,2-7,10-18H2,1H3. The van der Waals surface area contributed by atoms with Gasteiger partial charge >= 0.3 is 0 Å². The van der Waals surface area contributed by atoms with Gasteiger partial charge in [0.1, 0.15) is 0 Å². The van der Waals surface area contributed by atoms with E-state index < -0.39 is 0 Å². The van der Waals surface area contributed by atoms with Crippen molar-refractivity contribution in [3.63, 3.8) is 0 Å². The van der Waals surface area contributed by atoms with Crippen LogP contribution in [0.15, 0.2) is 12.2 Å². The van der Waals surface area contributed by atoms with Crippen molar-refractivity contribution in [1.29, 1.82) is 0 Å². The van der Waals surface area contributed by atoms with E-state index in [2.05, 4.69) is 19.1 Å². The number of unbranched alkanes of at least 4 members (excludes halogenated alkanes) is 6. The molecule has 0 saturated carbocycles. The molecule has 3 unspecified atom stereocenters. The summed E-state index contributed by atoms with van der Waals surface area (Å²) in [6.45, 7) is 5.79. The number of rotatable bonds is 12. The largest absolute Gasteiger partial charge is 0.376 e. The van der Waals surface area contributed by atoms with Gasteiger partial charge in [-0.25, -0.2) is 0 Å². The van der Waals surface area contributed by atoms with Crippen molar-refractivity contribution in [3.05, 3.63) is 12.2 Å². The Morgan fingerprint density at radius 1 is 0.760 bits per heavy atom. The Hall–Kier alpha value is -0.420. The molecule has 0 amide bonds. The lowest BCUT2D eigenvalue weighted by atomic mass is 10.00. The minimum absolute atomic E-state index is 0.156. The van der Waals surface area contributed by atoms with Gasteiger partial charge in [-0.2, -0.15) is 0 Å². The van der Waals surface area contributed by atoms with E-state index in [0.29, 0.717) is 26.4 Å². The van der Waals surface area contributed by atoms with Gasteiger partial charge in [0.15, 0.2) is 0 Å². The molecule has 2 saturated heterocycles. The lowest BCUT2D eigenvalue weighted by Crippen LogP contribution is -2.43. The third-order valence-corrected chi connectivity index (χ3v) is 5.04. The molecule has 2 aliphatic rings. The van der Waals surface area contributed by atoms with Crippen LogP contribution in [-0.4, -0.2) is 51.3 Å². The first-order valence-corrected chi connectivity index (χ1v) is 10.5. The van der Waals surface area contributed by atoms with Crippen molar-refractivity contribution in [3.8, 4) is 0 Å². The fourth-order valence-corrected chi connectivity index (χ4v) is 3.57. The summed E-state index contributed by atoms with van der Waals surface area (Å²) < 4.78 is 23.2. The van der Waals surface area contributed by atoms with Gasteiger partial charge in [0, 0.05) is 6.42 Å². The second-order valence-corrected chi connectivity index (χ2v) is 7.23. The molecular weight excluding hydrogens is 316 g/mol. The molecule has 2 aliphatic heterocycles. The summed E-state index contributed by atoms with van der Waals surface area (Å²) in [5.74, 6) is 0. The van der Waals surface area contributed by atoms with Crippen LogP contribution in [-0.2, 0) is 18.9 Å². The SMILES string of the molecule is CCCCCCCC=CCCCC1OCCOC1CC1COCCO1. The minimum atomic E-state index is 0.156. The molecule has 2 fully saturated rings. The number of ether oxygens (including phenoxy) is 4. The summed E-state index contributed by atoms with van der Waals surface area (Å²) in [6, 6.07) is 0. The molecule has 146 valence electrons. The second-order valence-electron chi connectivity index (χ2n) is 7.23. The van der Waals surface area contributed by atoms with Crippen LogP contribution in [0.2, 0.25) is 0 Å². The maximum absolute atomic E-state index is 5.97. The van der Waals surface area contributed by atoms with Gasteiger partial charge in [0.2, 0.25) is 0 Å². The first-order valence-electron chi connectivity index (χ1n) is 10.5. The van der Waals surface area contributed by atoms with Crippen LogP contribution < -0.4 is 0 Å². The molecule has 0 N–H and O–H groups in total. The average molecular weight is 355 g/mol. The quantitative estimate of drug-likeness (QED) is 0.377. The first kappa shape index (κ1) is 20.9. The summed E-state index contributed by atoms with van der Waals surface area (Å²) in [4.78, 5) is 0. The third-order valence-electron chi connectivity index (χ3n) is 5.04.